The zero-order valence-corrected chi connectivity index (χ0v) is 28.0. The molecule has 252 valence electrons. The molecule has 48 heavy (non-hydrogen) atoms. The van der Waals surface area contributed by atoms with Crippen molar-refractivity contribution in [3.8, 4) is 34.1 Å². The van der Waals surface area contributed by atoms with E-state index >= 15 is 0 Å². The molecular weight excluding hydrogens is 612 g/mol. The first-order valence-electron chi connectivity index (χ1n) is 16.0. The Morgan fingerprint density at radius 2 is 1.71 bits per heavy atom. The van der Waals surface area contributed by atoms with E-state index in [0.717, 1.165) is 46.2 Å². The van der Waals surface area contributed by atoms with E-state index in [1.807, 2.05) is 36.4 Å². The lowest BCUT2D eigenvalue weighted by atomic mass is 9.95. The highest BCUT2D eigenvalue weighted by Crippen LogP contribution is 2.50. The topological polar surface area (TPSA) is 137 Å². The van der Waals surface area contributed by atoms with Crippen molar-refractivity contribution < 1.29 is 28.5 Å². The van der Waals surface area contributed by atoms with Gasteiger partial charge in [-0.15, -0.1) is 0 Å². The van der Waals surface area contributed by atoms with E-state index in [1.54, 1.807) is 46.8 Å². The van der Waals surface area contributed by atoms with Crippen LogP contribution in [0, 0.1) is 0 Å². The summed E-state index contributed by atoms with van der Waals surface area (Å²) in [4.78, 5) is 42.7. The molecule has 0 aliphatic heterocycles. The van der Waals surface area contributed by atoms with Crippen LogP contribution in [0.15, 0.2) is 59.5 Å². The first-order valence-corrected chi connectivity index (χ1v) is 16.0. The molecule has 1 aromatic heterocycles. The van der Waals surface area contributed by atoms with E-state index in [0.29, 0.717) is 66.4 Å². The monoisotopic (exact) mass is 654 g/mol. The molecule has 11 nitrogen and oxygen atoms in total. The number of hydrogen-bond donors (Lipinski definition) is 3. The summed E-state index contributed by atoms with van der Waals surface area (Å²) in [7, 11) is 6.32. The van der Waals surface area contributed by atoms with Crippen LogP contribution in [0.1, 0.15) is 56.2 Å². The highest BCUT2D eigenvalue weighted by atomic mass is 16.5. The zero-order valence-electron chi connectivity index (χ0n) is 28.0. The number of rotatable bonds is 13. The van der Waals surface area contributed by atoms with Crippen molar-refractivity contribution in [3.63, 3.8) is 0 Å². The van der Waals surface area contributed by atoms with E-state index < -0.39 is 0 Å². The molecule has 0 saturated carbocycles. The van der Waals surface area contributed by atoms with Crippen molar-refractivity contribution >= 4 is 34.1 Å². The predicted molar refractivity (Wildman–Crippen MR) is 187 cm³/mol. The van der Waals surface area contributed by atoms with E-state index in [9.17, 15) is 14.4 Å². The van der Waals surface area contributed by atoms with E-state index in [2.05, 4.69) is 20.9 Å². The van der Waals surface area contributed by atoms with Crippen molar-refractivity contribution in [1.82, 2.24) is 10.3 Å². The number of anilines is 2. The van der Waals surface area contributed by atoms with Crippen LogP contribution in [0.25, 0.3) is 22.0 Å². The number of hydrogen-bond acceptors (Lipinski definition) is 9. The van der Waals surface area contributed by atoms with Gasteiger partial charge in [-0.25, -0.2) is 0 Å². The van der Waals surface area contributed by atoms with Crippen molar-refractivity contribution in [2.24, 2.45) is 0 Å². The summed E-state index contributed by atoms with van der Waals surface area (Å²) >= 11 is 0. The lowest BCUT2D eigenvalue weighted by Gasteiger charge is -2.19. The molecule has 5 rings (SSSR count). The fourth-order valence-corrected chi connectivity index (χ4v) is 6.18. The second-order valence-corrected chi connectivity index (χ2v) is 11.7. The van der Waals surface area contributed by atoms with E-state index in [-0.39, 0.29) is 23.3 Å². The second kappa shape index (κ2) is 15.5. The van der Waals surface area contributed by atoms with Crippen LogP contribution in [-0.4, -0.2) is 51.8 Å². The van der Waals surface area contributed by atoms with Gasteiger partial charge in [0, 0.05) is 36.9 Å². The van der Waals surface area contributed by atoms with Crippen LogP contribution in [0.3, 0.4) is 0 Å². The molecule has 0 bridgehead atoms. The van der Waals surface area contributed by atoms with Gasteiger partial charge in [0.25, 0.3) is 0 Å². The third-order valence-corrected chi connectivity index (χ3v) is 8.49. The van der Waals surface area contributed by atoms with E-state index in [4.69, 9.17) is 18.9 Å². The van der Waals surface area contributed by atoms with Gasteiger partial charge in [0.1, 0.15) is 5.75 Å². The number of methoxy groups -OCH3 is 4. The molecule has 1 aliphatic rings. The average Bonchev–Trinajstić information content (AvgIpc) is 3.33. The summed E-state index contributed by atoms with van der Waals surface area (Å²) in [5, 5.41) is 10.1. The molecule has 11 heteroatoms. The fourth-order valence-electron chi connectivity index (χ4n) is 6.18. The first-order chi connectivity index (χ1) is 23.3. The van der Waals surface area contributed by atoms with E-state index in [1.165, 1.54) is 6.92 Å². The van der Waals surface area contributed by atoms with Gasteiger partial charge in [0.05, 0.1) is 57.6 Å². The number of nitrogens with one attached hydrogen (secondary N) is 3. The maximum atomic E-state index is 13.5. The smallest absolute Gasteiger partial charge is 0.224 e. The van der Waals surface area contributed by atoms with Crippen molar-refractivity contribution in [1.29, 1.82) is 0 Å². The zero-order chi connectivity index (χ0) is 34.2. The SMILES string of the molecule is COc1ccc2cc(NC(=O)CCCCCNc3ccc4c(cc3=O)[C@@H](NC(C)=O)CCc3cc(OC)c(OC)c(OC)c3-4)cnc2c1. The maximum absolute atomic E-state index is 13.5. The minimum Gasteiger partial charge on any atom is -0.497 e. The Labute approximate surface area is 280 Å². The molecule has 3 aromatic carbocycles. The van der Waals surface area contributed by atoms with Crippen molar-refractivity contribution in [2.75, 3.05) is 45.6 Å². The minimum atomic E-state index is -0.375. The Kier molecular flexibility index (Phi) is 11.0. The largest absolute Gasteiger partial charge is 0.497 e. The normalized spacial score (nSPS) is 13.4. The Balaban J connectivity index is 1.25. The number of benzene rings is 2. The standard InChI is InChI=1S/C37H42N4O7/c1-22(42)40-29-14-11-24-18-33(46-3)36(47-4)37(48-5)35(24)27-13-15-30(32(43)20-28(27)29)38-16-8-6-7-9-34(44)41-25-17-23-10-12-26(45-2)19-31(23)39-21-25/h10,12-13,15,17-21,29H,6-9,11,14,16H2,1-5H3,(H,38,43)(H,40,42)(H,41,44)/t29-/m0/s1. The van der Waals surface area contributed by atoms with Gasteiger partial charge in [-0.2, -0.15) is 0 Å². The number of carbonyl (C=O) groups is 2. The van der Waals surface area contributed by atoms with Gasteiger partial charge in [0.15, 0.2) is 11.5 Å². The van der Waals surface area contributed by atoms with Gasteiger partial charge in [-0.1, -0.05) is 12.5 Å². The molecule has 3 N–H and O–H groups in total. The molecule has 0 spiro atoms. The fraction of sp³-hybridized carbons (Fsp3) is 0.351. The molecule has 1 atom stereocenters. The highest BCUT2D eigenvalue weighted by molar-refractivity contribution is 5.93. The van der Waals surface area contributed by atoms with Crippen LogP contribution < -0.4 is 40.3 Å². The van der Waals surface area contributed by atoms with Crippen LogP contribution in [-0.2, 0) is 16.0 Å². The number of fused-ring (bicyclic) bond motifs is 4. The average molecular weight is 655 g/mol. The molecule has 2 amide bonds. The number of carbonyl (C=O) groups excluding carboxylic acids is 2. The number of pyridine rings is 1. The molecular formula is C37H42N4O7. The van der Waals surface area contributed by atoms with Gasteiger partial charge in [0.2, 0.25) is 23.0 Å². The molecule has 0 saturated heterocycles. The Morgan fingerprint density at radius 1 is 0.896 bits per heavy atom. The van der Waals surface area contributed by atoms with Gasteiger partial charge in [-0.05, 0) is 78.8 Å². The van der Waals surface area contributed by atoms with Crippen molar-refractivity contribution in [2.45, 2.75) is 51.5 Å². The van der Waals surface area contributed by atoms with Gasteiger partial charge < -0.3 is 34.9 Å². The summed E-state index contributed by atoms with van der Waals surface area (Å²) in [6.45, 7) is 2.03. The number of ether oxygens (including phenoxy) is 4. The van der Waals surface area contributed by atoms with Crippen LogP contribution in [0.4, 0.5) is 11.4 Å². The Bertz CT molecular complexity index is 1880. The number of nitrogens with zero attached hydrogens (tertiary/aromatic N) is 1. The predicted octanol–water partition coefficient (Wildman–Crippen LogP) is 6.03. The number of amides is 2. The van der Waals surface area contributed by atoms with Gasteiger partial charge in [-0.3, -0.25) is 19.4 Å². The molecule has 1 aliphatic carbocycles. The lowest BCUT2D eigenvalue weighted by molar-refractivity contribution is -0.119. The summed E-state index contributed by atoms with van der Waals surface area (Å²) in [6.07, 6.45) is 5.51. The quantitative estimate of drug-likeness (QED) is 0.148. The molecule has 0 fully saturated rings. The Morgan fingerprint density at radius 3 is 2.44 bits per heavy atom. The number of aryl methyl sites for hydroxylation is 1. The van der Waals surface area contributed by atoms with Crippen molar-refractivity contribution in [3.05, 3.63) is 76.1 Å². The second-order valence-electron chi connectivity index (χ2n) is 11.7. The molecule has 0 unspecified atom stereocenters. The summed E-state index contributed by atoms with van der Waals surface area (Å²) < 4.78 is 22.4. The molecule has 4 aromatic rings. The highest BCUT2D eigenvalue weighted by Gasteiger charge is 2.29. The van der Waals surface area contributed by atoms with Crippen LogP contribution >= 0.6 is 0 Å². The number of aromatic nitrogens is 1. The minimum absolute atomic E-state index is 0.0743. The van der Waals surface area contributed by atoms with Gasteiger partial charge >= 0.3 is 0 Å². The summed E-state index contributed by atoms with van der Waals surface area (Å²) in [5.74, 6) is 1.98. The maximum Gasteiger partial charge on any atom is 0.224 e. The third-order valence-electron chi connectivity index (χ3n) is 8.49. The van der Waals surface area contributed by atoms with Crippen LogP contribution in [0.2, 0.25) is 0 Å². The lowest BCUT2D eigenvalue weighted by Crippen LogP contribution is -2.26. The molecule has 1 heterocycles. The van der Waals surface area contributed by atoms with Crippen LogP contribution in [0.5, 0.6) is 23.0 Å². The summed E-state index contributed by atoms with van der Waals surface area (Å²) in [5.41, 5.74) is 4.96. The Hall–Kier alpha value is -5.32. The number of unbranched alkanes of at least 4 members (excludes halogenated alkanes) is 2. The summed E-state index contributed by atoms with van der Waals surface area (Å²) in [6, 6.07) is 14.3. The third kappa shape index (κ3) is 7.62. The first kappa shape index (κ1) is 34.0. The molecule has 0 radical (unpaired) electrons.